The van der Waals surface area contributed by atoms with Crippen molar-refractivity contribution < 1.29 is 34.0 Å². The Morgan fingerprint density at radius 1 is 1.16 bits per heavy atom. The van der Waals surface area contributed by atoms with E-state index in [0.29, 0.717) is 47.7 Å². The highest BCUT2D eigenvalue weighted by Gasteiger charge is 2.46. The highest BCUT2D eigenvalue weighted by atomic mass is 79.9. The summed E-state index contributed by atoms with van der Waals surface area (Å²) in [4.78, 5) is 30.3. The van der Waals surface area contributed by atoms with Crippen LogP contribution in [0.2, 0.25) is 0 Å². The van der Waals surface area contributed by atoms with Crippen LogP contribution >= 0.6 is 15.9 Å². The lowest BCUT2D eigenvalue weighted by atomic mass is 9.95. The lowest BCUT2D eigenvalue weighted by molar-refractivity contribution is -0.140. The minimum atomic E-state index is -0.882. The second-order valence-corrected chi connectivity index (χ2v) is 9.73. The van der Waals surface area contributed by atoms with Crippen LogP contribution in [0.5, 0.6) is 17.2 Å². The SMILES string of the molecule is CCCOc1cccc(C(O)=C2C(=O)C(=O)N(CCN3CCOCC3)C2c2cc(Br)c(O)c(OC)c2)c1. The molecule has 2 fully saturated rings. The van der Waals surface area contributed by atoms with Crippen molar-refractivity contribution in [3.63, 3.8) is 0 Å². The van der Waals surface area contributed by atoms with E-state index in [1.165, 1.54) is 12.0 Å². The average molecular weight is 575 g/mol. The summed E-state index contributed by atoms with van der Waals surface area (Å²) in [6, 6.07) is 9.13. The van der Waals surface area contributed by atoms with E-state index in [1.807, 2.05) is 6.92 Å². The molecule has 0 saturated carbocycles. The number of amides is 1. The molecule has 37 heavy (non-hydrogen) atoms. The van der Waals surface area contributed by atoms with Crippen LogP contribution < -0.4 is 9.47 Å². The summed E-state index contributed by atoms with van der Waals surface area (Å²) in [5, 5.41) is 21.7. The van der Waals surface area contributed by atoms with Crippen molar-refractivity contribution in [2.45, 2.75) is 19.4 Å². The number of halogens is 1. The molecule has 0 bridgehead atoms. The number of ether oxygens (including phenoxy) is 3. The van der Waals surface area contributed by atoms with E-state index in [9.17, 15) is 19.8 Å². The quantitative estimate of drug-likeness (QED) is 0.265. The zero-order valence-electron chi connectivity index (χ0n) is 20.9. The molecule has 0 aromatic heterocycles. The number of ketones is 1. The zero-order chi connectivity index (χ0) is 26.5. The van der Waals surface area contributed by atoms with Gasteiger partial charge in [-0.05, 0) is 52.2 Å². The standard InChI is InChI=1S/C27H31BrN2O7/c1-3-11-37-19-6-4-5-17(14-19)24(31)22-23(18-15-20(28)25(32)21(16-18)35-2)30(27(34)26(22)33)8-7-29-9-12-36-13-10-29/h4-6,14-16,23,31-32H,3,7-13H2,1-2H3. The summed E-state index contributed by atoms with van der Waals surface area (Å²) >= 11 is 3.34. The van der Waals surface area contributed by atoms with Gasteiger partial charge in [-0.15, -0.1) is 0 Å². The van der Waals surface area contributed by atoms with Crippen LogP contribution in [-0.2, 0) is 14.3 Å². The fraction of sp³-hybridized carbons (Fsp3) is 0.407. The fourth-order valence-electron chi connectivity index (χ4n) is 4.55. The van der Waals surface area contributed by atoms with Gasteiger partial charge in [0.2, 0.25) is 0 Å². The van der Waals surface area contributed by atoms with E-state index in [-0.39, 0.29) is 29.4 Å². The number of hydrogen-bond donors (Lipinski definition) is 2. The Morgan fingerprint density at radius 2 is 1.92 bits per heavy atom. The van der Waals surface area contributed by atoms with Crippen molar-refractivity contribution in [2.24, 2.45) is 0 Å². The number of aromatic hydroxyl groups is 1. The maximum absolute atomic E-state index is 13.4. The number of phenolic OH excluding ortho intramolecular Hbond substituents is 1. The molecule has 2 aromatic carbocycles. The minimum Gasteiger partial charge on any atom is -0.507 e. The van der Waals surface area contributed by atoms with E-state index in [1.54, 1.807) is 36.4 Å². The molecule has 2 N–H and O–H groups in total. The van der Waals surface area contributed by atoms with Gasteiger partial charge in [-0.1, -0.05) is 19.1 Å². The fourth-order valence-corrected chi connectivity index (χ4v) is 5.01. The molecular weight excluding hydrogens is 544 g/mol. The van der Waals surface area contributed by atoms with Gasteiger partial charge in [-0.3, -0.25) is 14.5 Å². The van der Waals surface area contributed by atoms with Crippen LogP contribution in [0.3, 0.4) is 0 Å². The highest BCUT2D eigenvalue weighted by molar-refractivity contribution is 9.10. The van der Waals surface area contributed by atoms with E-state index < -0.39 is 17.7 Å². The third-order valence-electron chi connectivity index (χ3n) is 6.47. The number of Topliss-reactive ketones (excluding diaryl/α,β-unsaturated/α-hetero) is 1. The molecule has 4 rings (SSSR count). The number of likely N-dealkylation sites (tertiary alicyclic amines) is 1. The maximum Gasteiger partial charge on any atom is 0.295 e. The molecule has 0 aliphatic carbocycles. The molecule has 2 aliphatic heterocycles. The number of rotatable bonds is 9. The highest BCUT2D eigenvalue weighted by Crippen LogP contribution is 2.44. The summed E-state index contributed by atoms with van der Waals surface area (Å²) in [5.41, 5.74) is 0.858. The number of aliphatic hydroxyl groups is 1. The first kappa shape index (κ1) is 27.0. The number of methoxy groups -OCH3 is 1. The number of benzene rings is 2. The molecule has 9 nitrogen and oxygen atoms in total. The summed E-state index contributed by atoms with van der Waals surface area (Å²) in [5.74, 6) is -1.12. The molecule has 0 radical (unpaired) electrons. The Labute approximate surface area is 224 Å². The third kappa shape index (κ3) is 5.76. The van der Waals surface area contributed by atoms with E-state index in [0.717, 1.165) is 19.5 Å². The molecule has 1 amide bonds. The van der Waals surface area contributed by atoms with Gasteiger partial charge in [-0.2, -0.15) is 0 Å². The topological polar surface area (TPSA) is 109 Å². The summed E-state index contributed by atoms with van der Waals surface area (Å²) in [7, 11) is 1.42. The Hall–Kier alpha value is -3.08. The Balaban J connectivity index is 1.79. The Kier molecular flexibility index (Phi) is 8.73. The predicted molar refractivity (Wildman–Crippen MR) is 141 cm³/mol. The van der Waals surface area contributed by atoms with Crippen molar-refractivity contribution in [2.75, 3.05) is 53.1 Å². The van der Waals surface area contributed by atoms with Crippen LogP contribution in [0.25, 0.3) is 5.76 Å². The lowest BCUT2D eigenvalue weighted by Gasteiger charge is -2.31. The molecule has 1 atom stereocenters. The third-order valence-corrected chi connectivity index (χ3v) is 7.07. The van der Waals surface area contributed by atoms with Gasteiger partial charge in [0.1, 0.15) is 11.5 Å². The smallest absolute Gasteiger partial charge is 0.295 e. The zero-order valence-corrected chi connectivity index (χ0v) is 22.5. The number of carbonyl (C=O) groups is 2. The molecule has 2 aromatic rings. The number of morpholine rings is 1. The molecule has 2 heterocycles. The first-order valence-corrected chi connectivity index (χ1v) is 13.0. The van der Waals surface area contributed by atoms with Crippen molar-refractivity contribution in [3.05, 3.63) is 57.6 Å². The number of aliphatic hydroxyl groups excluding tert-OH is 1. The normalized spacial score (nSPS) is 19.9. The molecule has 1 unspecified atom stereocenters. The monoisotopic (exact) mass is 574 g/mol. The molecule has 2 aliphatic rings. The van der Waals surface area contributed by atoms with Gasteiger partial charge in [0.25, 0.3) is 11.7 Å². The van der Waals surface area contributed by atoms with Gasteiger partial charge in [0, 0.05) is 31.7 Å². The second-order valence-electron chi connectivity index (χ2n) is 8.88. The van der Waals surface area contributed by atoms with Crippen molar-refractivity contribution in [1.29, 1.82) is 0 Å². The van der Waals surface area contributed by atoms with E-state index in [2.05, 4.69) is 20.8 Å². The van der Waals surface area contributed by atoms with Crippen LogP contribution in [0.4, 0.5) is 0 Å². The molecule has 198 valence electrons. The molecule has 10 heteroatoms. The number of carbonyl (C=O) groups excluding carboxylic acids is 2. The predicted octanol–water partition coefficient (Wildman–Crippen LogP) is 3.71. The Bertz CT molecular complexity index is 1190. The molecular formula is C27H31BrN2O7. The van der Waals surface area contributed by atoms with E-state index in [4.69, 9.17) is 14.2 Å². The van der Waals surface area contributed by atoms with Crippen molar-refractivity contribution >= 4 is 33.4 Å². The maximum atomic E-state index is 13.4. The lowest BCUT2D eigenvalue weighted by Crippen LogP contribution is -2.42. The summed E-state index contributed by atoms with van der Waals surface area (Å²) < 4.78 is 16.8. The number of nitrogens with zero attached hydrogens (tertiary/aromatic N) is 2. The van der Waals surface area contributed by atoms with Crippen molar-refractivity contribution in [1.82, 2.24) is 9.80 Å². The molecule has 0 spiro atoms. The Morgan fingerprint density at radius 3 is 2.62 bits per heavy atom. The number of hydrogen-bond acceptors (Lipinski definition) is 8. The van der Waals surface area contributed by atoms with E-state index >= 15 is 0 Å². The summed E-state index contributed by atoms with van der Waals surface area (Å²) in [6.07, 6.45) is 0.821. The van der Waals surface area contributed by atoms with Gasteiger partial charge in [0.15, 0.2) is 11.5 Å². The van der Waals surface area contributed by atoms with Crippen molar-refractivity contribution in [3.8, 4) is 17.2 Å². The van der Waals surface area contributed by atoms with Crippen LogP contribution in [-0.4, -0.2) is 84.8 Å². The second kappa shape index (κ2) is 12.0. The van der Waals surface area contributed by atoms with Crippen LogP contribution in [0.15, 0.2) is 46.4 Å². The van der Waals surface area contributed by atoms with Crippen LogP contribution in [0, 0.1) is 0 Å². The van der Waals surface area contributed by atoms with Gasteiger partial charge >= 0.3 is 0 Å². The average Bonchev–Trinajstić information content (AvgIpc) is 3.17. The first-order valence-electron chi connectivity index (χ1n) is 12.2. The van der Waals surface area contributed by atoms with Gasteiger partial charge in [0.05, 0.1) is 43.0 Å². The summed E-state index contributed by atoms with van der Waals surface area (Å²) in [6.45, 7) is 6.01. The van der Waals surface area contributed by atoms with Gasteiger partial charge in [-0.25, -0.2) is 0 Å². The number of phenols is 1. The van der Waals surface area contributed by atoms with Gasteiger partial charge < -0.3 is 29.3 Å². The minimum absolute atomic E-state index is 0.0285. The molecule has 2 saturated heterocycles. The van der Waals surface area contributed by atoms with Crippen LogP contribution in [0.1, 0.15) is 30.5 Å². The first-order chi connectivity index (χ1) is 17.8. The largest absolute Gasteiger partial charge is 0.507 e.